The van der Waals surface area contributed by atoms with Gasteiger partial charge in [-0.1, -0.05) is 30.3 Å². The maximum atomic E-state index is 12.6. The van der Waals surface area contributed by atoms with Crippen molar-refractivity contribution in [1.29, 1.82) is 0 Å². The van der Waals surface area contributed by atoms with Crippen LogP contribution in [0.3, 0.4) is 0 Å². The van der Waals surface area contributed by atoms with E-state index in [1.165, 1.54) is 11.8 Å². The maximum absolute atomic E-state index is 12.6. The normalized spacial score (nSPS) is 20.5. The van der Waals surface area contributed by atoms with Gasteiger partial charge in [0.15, 0.2) is 16.4 Å². The summed E-state index contributed by atoms with van der Waals surface area (Å²) >= 11 is 1.37. The molecule has 2 aromatic rings. The van der Waals surface area contributed by atoms with Crippen molar-refractivity contribution in [3.05, 3.63) is 42.5 Å². The Kier molecular flexibility index (Phi) is 5.83. The number of sulfone groups is 1. The van der Waals surface area contributed by atoms with E-state index in [0.29, 0.717) is 6.42 Å². The molecule has 2 aliphatic rings. The molecule has 0 aromatic heterocycles. The molecule has 1 amide bonds. The first-order chi connectivity index (χ1) is 13.9. The lowest BCUT2D eigenvalue weighted by Crippen LogP contribution is -2.44. The second kappa shape index (κ2) is 8.36. The van der Waals surface area contributed by atoms with Crippen LogP contribution in [0, 0.1) is 0 Å². The SMILES string of the molecule is O=C(CSc1ccc2ccccc2c1)OCC(=O)N(C1CC1)[C@@H]1CCS(=O)(=O)C1. The molecule has 0 spiro atoms. The summed E-state index contributed by atoms with van der Waals surface area (Å²) < 4.78 is 28.7. The van der Waals surface area contributed by atoms with Gasteiger partial charge in [-0.2, -0.15) is 0 Å². The zero-order valence-electron chi connectivity index (χ0n) is 16.0. The molecule has 1 saturated heterocycles. The van der Waals surface area contributed by atoms with Crippen molar-refractivity contribution >= 4 is 44.2 Å². The molecule has 1 atom stereocenters. The highest BCUT2D eigenvalue weighted by Crippen LogP contribution is 2.32. The third-order valence-electron chi connectivity index (χ3n) is 5.26. The molecule has 8 heteroatoms. The summed E-state index contributed by atoms with van der Waals surface area (Å²) in [6, 6.07) is 13.8. The molecule has 154 valence electrons. The van der Waals surface area contributed by atoms with Crippen molar-refractivity contribution in [3.63, 3.8) is 0 Å². The van der Waals surface area contributed by atoms with Gasteiger partial charge in [0.25, 0.3) is 5.91 Å². The predicted octanol–water partition coefficient (Wildman–Crippen LogP) is 2.65. The number of esters is 1. The minimum Gasteiger partial charge on any atom is -0.455 e. The van der Waals surface area contributed by atoms with Crippen LogP contribution in [0.2, 0.25) is 0 Å². The number of rotatable bonds is 7. The third kappa shape index (κ3) is 5.11. The second-order valence-electron chi connectivity index (χ2n) is 7.55. The van der Waals surface area contributed by atoms with Crippen molar-refractivity contribution in [1.82, 2.24) is 4.90 Å². The Hall–Kier alpha value is -2.06. The van der Waals surface area contributed by atoms with E-state index < -0.39 is 15.8 Å². The number of benzene rings is 2. The molecule has 1 aliphatic carbocycles. The number of nitrogens with zero attached hydrogens (tertiary/aromatic N) is 1. The van der Waals surface area contributed by atoms with Gasteiger partial charge in [-0.15, -0.1) is 11.8 Å². The Labute approximate surface area is 174 Å². The molecule has 1 heterocycles. The summed E-state index contributed by atoms with van der Waals surface area (Å²) in [5.41, 5.74) is 0. The highest BCUT2D eigenvalue weighted by atomic mass is 32.2. The maximum Gasteiger partial charge on any atom is 0.316 e. The van der Waals surface area contributed by atoms with Crippen molar-refractivity contribution in [3.8, 4) is 0 Å². The van der Waals surface area contributed by atoms with Crippen LogP contribution >= 0.6 is 11.8 Å². The molecule has 2 fully saturated rings. The molecule has 0 radical (unpaired) electrons. The Morgan fingerprint density at radius 2 is 1.79 bits per heavy atom. The molecule has 2 aromatic carbocycles. The van der Waals surface area contributed by atoms with Crippen molar-refractivity contribution < 1.29 is 22.7 Å². The highest BCUT2D eigenvalue weighted by Gasteiger charge is 2.42. The predicted molar refractivity (Wildman–Crippen MR) is 113 cm³/mol. The summed E-state index contributed by atoms with van der Waals surface area (Å²) in [5.74, 6) is -0.491. The van der Waals surface area contributed by atoms with E-state index in [1.807, 2.05) is 42.5 Å². The molecular formula is C21H23NO5S2. The Morgan fingerprint density at radius 1 is 1.03 bits per heavy atom. The zero-order chi connectivity index (χ0) is 20.4. The van der Waals surface area contributed by atoms with Crippen LogP contribution in [0.5, 0.6) is 0 Å². The monoisotopic (exact) mass is 433 g/mol. The summed E-state index contributed by atoms with van der Waals surface area (Å²) in [7, 11) is -3.07. The van der Waals surface area contributed by atoms with E-state index in [2.05, 4.69) is 0 Å². The number of hydrogen-bond donors (Lipinski definition) is 0. The van der Waals surface area contributed by atoms with Crippen LogP contribution in [0.1, 0.15) is 19.3 Å². The first-order valence-electron chi connectivity index (χ1n) is 9.70. The Bertz CT molecular complexity index is 1030. The number of thioether (sulfide) groups is 1. The van der Waals surface area contributed by atoms with Crippen LogP contribution in [0.4, 0.5) is 0 Å². The Morgan fingerprint density at radius 3 is 2.48 bits per heavy atom. The zero-order valence-corrected chi connectivity index (χ0v) is 17.6. The summed E-state index contributed by atoms with van der Waals surface area (Å²) in [5, 5.41) is 2.24. The standard InChI is InChI=1S/C21H23NO5S2/c23-20(22(17-6-7-17)18-9-10-29(25,26)14-18)12-27-21(24)13-28-19-8-5-15-3-1-2-4-16(15)11-19/h1-5,8,11,17-18H,6-7,9-10,12-14H2/t18-/m1/s1. The smallest absolute Gasteiger partial charge is 0.316 e. The molecule has 29 heavy (non-hydrogen) atoms. The van der Waals surface area contributed by atoms with Crippen LogP contribution < -0.4 is 0 Å². The number of ether oxygens (including phenoxy) is 1. The van der Waals surface area contributed by atoms with Gasteiger partial charge in [-0.25, -0.2) is 8.42 Å². The quantitative estimate of drug-likeness (QED) is 0.493. The van der Waals surface area contributed by atoms with Gasteiger partial charge < -0.3 is 9.64 Å². The van der Waals surface area contributed by atoms with E-state index in [9.17, 15) is 18.0 Å². The average Bonchev–Trinajstić information content (AvgIpc) is 3.47. The first-order valence-corrected chi connectivity index (χ1v) is 12.5. The van der Waals surface area contributed by atoms with Crippen LogP contribution in [0.25, 0.3) is 10.8 Å². The van der Waals surface area contributed by atoms with Gasteiger partial charge in [-0.05, 0) is 42.2 Å². The fourth-order valence-corrected chi connectivity index (χ4v) is 6.16. The number of carbonyl (C=O) groups is 2. The lowest BCUT2D eigenvalue weighted by atomic mass is 10.1. The minimum absolute atomic E-state index is 0.0149. The second-order valence-corrected chi connectivity index (χ2v) is 10.8. The van der Waals surface area contributed by atoms with Gasteiger partial charge >= 0.3 is 5.97 Å². The first kappa shape index (κ1) is 20.2. The van der Waals surface area contributed by atoms with E-state index in [-0.39, 0.29) is 41.9 Å². The van der Waals surface area contributed by atoms with E-state index >= 15 is 0 Å². The van der Waals surface area contributed by atoms with Crippen LogP contribution in [-0.2, 0) is 24.2 Å². The van der Waals surface area contributed by atoms with Crippen molar-refractivity contribution in [2.75, 3.05) is 23.9 Å². The molecule has 1 aliphatic heterocycles. The molecule has 6 nitrogen and oxygen atoms in total. The molecular weight excluding hydrogens is 410 g/mol. The largest absolute Gasteiger partial charge is 0.455 e. The van der Waals surface area contributed by atoms with Gasteiger partial charge in [0.1, 0.15) is 0 Å². The fraction of sp³-hybridized carbons (Fsp3) is 0.429. The molecule has 0 N–H and O–H groups in total. The Balaban J connectivity index is 1.28. The third-order valence-corrected chi connectivity index (χ3v) is 7.98. The lowest BCUT2D eigenvalue weighted by molar-refractivity contribution is -0.151. The minimum atomic E-state index is -3.07. The highest BCUT2D eigenvalue weighted by molar-refractivity contribution is 8.00. The average molecular weight is 434 g/mol. The molecule has 0 bridgehead atoms. The van der Waals surface area contributed by atoms with Gasteiger partial charge in [0.05, 0.1) is 17.3 Å². The number of amides is 1. The summed E-state index contributed by atoms with van der Waals surface area (Å²) in [6.45, 7) is -0.329. The van der Waals surface area contributed by atoms with Gasteiger partial charge in [-0.3, -0.25) is 9.59 Å². The number of hydrogen-bond acceptors (Lipinski definition) is 6. The molecule has 1 saturated carbocycles. The van der Waals surface area contributed by atoms with E-state index in [0.717, 1.165) is 28.5 Å². The van der Waals surface area contributed by atoms with Gasteiger partial charge in [0, 0.05) is 17.0 Å². The topological polar surface area (TPSA) is 80.8 Å². The number of carbonyl (C=O) groups excluding carboxylic acids is 2. The van der Waals surface area contributed by atoms with Crippen LogP contribution in [0.15, 0.2) is 47.4 Å². The van der Waals surface area contributed by atoms with E-state index in [4.69, 9.17) is 4.74 Å². The molecule has 0 unspecified atom stereocenters. The van der Waals surface area contributed by atoms with Gasteiger partial charge in [0.2, 0.25) is 0 Å². The van der Waals surface area contributed by atoms with E-state index in [1.54, 1.807) is 4.90 Å². The van der Waals surface area contributed by atoms with Crippen LogP contribution in [-0.4, -0.2) is 61.1 Å². The number of fused-ring (bicyclic) bond motifs is 1. The lowest BCUT2D eigenvalue weighted by Gasteiger charge is -2.28. The molecule has 4 rings (SSSR count). The summed E-state index contributed by atoms with van der Waals surface area (Å²) in [6.07, 6.45) is 2.23. The van der Waals surface area contributed by atoms with Crippen molar-refractivity contribution in [2.24, 2.45) is 0 Å². The van der Waals surface area contributed by atoms with Crippen molar-refractivity contribution in [2.45, 2.75) is 36.2 Å². The fourth-order valence-electron chi connectivity index (χ4n) is 3.71. The summed E-state index contributed by atoms with van der Waals surface area (Å²) in [4.78, 5) is 27.3.